The fourth-order valence-electron chi connectivity index (χ4n) is 4.60. The van der Waals surface area contributed by atoms with Gasteiger partial charge in [0, 0.05) is 16.8 Å². The van der Waals surface area contributed by atoms with Crippen LogP contribution in [0.3, 0.4) is 0 Å². The predicted molar refractivity (Wildman–Crippen MR) is 134 cm³/mol. The Morgan fingerprint density at radius 1 is 1.06 bits per heavy atom. The summed E-state index contributed by atoms with van der Waals surface area (Å²) in [4.78, 5) is 17.4. The van der Waals surface area contributed by atoms with Crippen molar-refractivity contribution in [3.63, 3.8) is 0 Å². The molecule has 34 heavy (non-hydrogen) atoms. The molecule has 178 valence electrons. The van der Waals surface area contributed by atoms with Gasteiger partial charge in [-0.3, -0.25) is 4.98 Å². The molecular weight excluding hydrogens is 426 g/mol. The molecule has 2 aromatic carbocycles. The van der Waals surface area contributed by atoms with Gasteiger partial charge in [0.2, 0.25) is 0 Å². The molecular formula is C29H33NO4. The van der Waals surface area contributed by atoms with Gasteiger partial charge in [0.1, 0.15) is 5.75 Å². The van der Waals surface area contributed by atoms with E-state index < -0.39 is 17.7 Å². The third-order valence-electron chi connectivity index (χ3n) is 6.15. The average Bonchev–Trinajstić information content (AvgIpc) is 2.78. The van der Waals surface area contributed by atoms with Gasteiger partial charge in [-0.1, -0.05) is 35.9 Å². The van der Waals surface area contributed by atoms with Gasteiger partial charge in [0.25, 0.3) is 0 Å². The number of hydrogen-bond donors (Lipinski definition) is 1. The van der Waals surface area contributed by atoms with E-state index in [0.29, 0.717) is 11.3 Å². The lowest BCUT2D eigenvalue weighted by Crippen LogP contribution is -2.28. The second-order valence-electron chi connectivity index (χ2n) is 10.0. The first-order valence-corrected chi connectivity index (χ1v) is 11.8. The SMILES string of the molecule is Cc1ccc(-c2nc(C)c([C@H](OC(C)(C)C)C(=O)O)c(-c3ccc4c(c3)CCCO4)c2C)cc1. The van der Waals surface area contributed by atoms with Gasteiger partial charge < -0.3 is 14.6 Å². The second-order valence-corrected chi connectivity index (χ2v) is 10.0. The highest BCUT2D eigenvalue weighted by Crippen LogP contribution is 2.41. The van der Waals surface area contributed by atoms with Crippen molar-refractivity contribution >= 4 is 5.97 Å². The number of aromatic nitrogens is 1. The molecule has 4 rings (SSSR count). The molecule has 3 aromatic rings. The van der Waals surface area contributed by atoms with Crippen LogP contribution in [0.5, 0.6) is 5.75 Å². The largest absolute Gasteiger partial charge is 0.493 e. The minimum atomic E-state index is -1.14. The normalized spacial score (nSPS) is 14.3. The van der Waals surface area contributed by atoms with Crippen molar-refractivity contribution in [3.05, 3.63) is 70.4 Å². The zero-order valence-corrected chi connectivity index (χ0v) is 20.9. The Bertz CT molecular complexity index is 1220. The van der Waals surface area contributed by atoms with E-state index in [1.54, 1.807) is 0 Å². The molecule has 0 saturated carbocycles. The number of carbonyl (C=O) groups is 1. The highest BCUT2D eigenvalue weighted by Gasteiger charge is 2.33. The molecule has 1 N–H and O–H groups in total. The van der Waals surface area contributed by atoms with Crippen molar-refractivity contribution in [1.82, 2.24) is 4.98 Å². The lowest BCUT2D eigenvalue weighted by molar-refractivity contribution is -0.160. The summed E-state index contributed by atoms with van der Waals surface area (Å²) in [6.45, 7) is 12.3. The number of rotatable bonds is 5. The Balaban J connectivity index is 2.00. The molecule has 1 aliphatic rings. The van der Waals surface area contributed by atoms with E-state index in [0.717, 1.165) is 58.7 Å². The number of aliphatic carboxylic acids is 1. The third kappa shape index (κ3) is 4.85. The summed E-state index contributed by atoms with van der Waals surface area (Å²) in [5.74, 6) is -0.121. The molecule has 0 spiro atoms. The quantitative estimate of drug-likeness (QED) is 0.465. The molecule has 2 heterocycles. The minimum Gasteiger partial charge on any atom is -0.493 e. The highest BCUT2D eigenvalue weighted by molar-refractivity contribution is 5.85. The maximum absolute atomic E-state index is 12.5. The summed E-state index contributed by atoms with van der Waals surface area (Å²) < 4.78 is 11.9. The van der Waals surface area contributed by atoms with Crippen LogP contribution in [-0.4, -0.2) is 28.3 Å². The van der Waals surface area contributed by atoms with Crippen LogP contribution in [0, 0.1) is 20.8 Å². The van der Waals surface area contributed by atoms with E-state index in [2.05, 4.69) is 37.3 Å². The molecule has 5 nitrogen and oxygen atoms in total. The smallest absolute Gasteiger partial charge is 0.337 e. The van der Waals surface area contributed by atoms with E-state index in [9.17, 15) is 9.90 Å². The number of nitrogens with zero attached hydrogens (tertiary/aromatic N) is 1. The molecule has 0 aliphatic carbocycles. The van der Waals surface area contributed by atoms with Crippen LogP contribution in [0.1, 0.15) is 61.2 Å². The van der Waals surface area contributed by atoms with E-state index in [1.807, 2.05) is 46.8 Å². The second kappa shape index (κ2) is 9.22. The standard InChI is InChI=1S/C29H33NO4/c1-17-9-11-20(12-10-17)26-18(2)24(22-13-14-23-21(16-22)8-7-15-33-23)25(19(3)30-26)27(28(31)32)34-29(4,5)6/h9-14,16,27H,7-8,15H2,1-6H3,(H,31,32)/t27-/m0/s1. The first kappa shape index (κ1) is 24.0. The molecule has 1 atom stereocenters. The Labute approximate surface area is 201 Å². The van der Waals surface area contributed by atoms with Crippen LogP contribution in [-0.2, 0) is 16.0 Å². The summed E-state index contributed by atoms with van der Waals surface area (Å²) in [6.07, 6.45) is 0.769. The van der Waals surface area contributed by atoms with E-state index in [1.165, 1.54) is 5.56 Å². The third-order valence-corrected chi connectivity index (χ3v) is 6.15. The van der Waals surface area contributed by atoms with Crippen LogP contribution in [0.2, 0.25) is 0 Å². The summed E-state index contributed by atoms with van der Waals surface area (Å²) in [7, 11) is 0. The number of carboxylic acid groups (broad SMARTS) is 1. The van der Waals surface area contributed by atoms with Gasteiger partial charge >= 0.3 is 5.97 Å². The average molecular weight is 460 g/mol. The monoisotopic (exact) mass is 459 g/mol. The Hall–Kier alpha value is -3.18. The molecule has 0 saturated heterocycles. The van der Waals surface area contributed by atoms with Gasteiger partial charge in [0.15, 0.2) is 6.10 Å². The van der Waals surface area contributed by atoms with E-state index in [4.69, 9.17) is 14.5 Å². The zero-order valence-electron chi connectivity index (χ0n) is 20.9. The van der Waals surface area contributed by atoms with E-state index in [-0.39, 0.29) is 0 Å². The Morgan fingerprint density at radius 3 is 2.38 bits per heavy atom. The first-order valence-electron chi connectivity index (χ1n) is 11.8. The molecule has 0 fully saturated rings. The lowest BCUT2D eigenvalue weighted by Gasteiger charge is -2.29. The maximum atomic E-state index is 12.5. The van der Waals surface area contributed by atoms with Gasteiger partial charge in [-0.2, -0.15) is 0 Å². The Morgan fingerprint density at radius 2 is 1.74 bits per heavy atom. The number of fused-ring (bicyclic) bond motifs is 1. The fraction of sp³-hybridized carbons (Fsp3) is 0.379. The summed E-state index contributed by atoms with van der Waals surface area (Å²) in [5.41, 5.74) is 7.55. The summed E-state index contributed by atoms with van der Waals surface area (Å²) >= 11 is 0. The van der Waals surface area contributed by atoms with Crippen molar-refractivity contribution in [2.45, 2.75) is 66.1 Å². The number of benzene rings is 2. The van der Waals surface area contributed by atoms with Crippen LogP contribution in [0.25, 0.3) is 22.4 Å². The summed E-state index contributed by atoms with van der Waals surface area (Å²) in [5, 5.41) is 10.2. The van der Waals surface area contributed by atoms with Crippen molar-refractivity contribution in [2.75, 3.05) is 6.61 Å². The van der Waals surface area contributed by atoms with Crippen molar-refractivity contribution in [1.29, 1.82) is 0 Å². The summed E-state index contributed by atoms with van der Waals surface area (Å²) in [6, 6.07) is 14.4. The predicted octanol–water partition coefficient (Wildman–Crippen LogP) is 6.61. The van der Waals surface area contributed by atoms with Crippen LogP contribution < -0.4 is 4.74 Å². The molecule has 5 heteroatoms. The number of hydrogen-bond acceptors (Lipinski definition) is 4. The van der Waals surface area contributed by atoms with Crippen molar-refractivity contribution < 1.29 is 19.4 Å². The van der Waals surface area contributed by atoms with Crippen molar-refractivity contribution in [3.8, 4) is 28.1 Å². The molecule has 1 aliphatic heterocycles. The number of ether oxygens (including phenoxy) is 2. The van der Waals surface area contributed by atoms with Crippen LogP contribution in [0.4, 0.5) is 0 Å². The number of carboxylic acids is 1. The zero-order chi connectivity index (χ0) is 24.6. The van der Waals surface area contributed by atoms with Crippen LogP contribution in [0.15, 0.2) is 42.5 Å². The van der Waals surface area contributed by atoms with Crippen LogP contribution >= 0.6 is 0 Å². The molecule has 0 radical (unpaired) electrons. The van der Waals surface area contributed by atoms with Gasteiger partial charge in [0.05, 0.1) is 17.9 Å². The fourth-order valence-corrected chi connectivity index (χ4v) is 4.60. The number of aryl methyl sites for hydroxylation is 3. The topological polar surface area (TPSA) is 68.7 Å². The van der Waals surface area contributed by atoms with E-state index >= 15 is 0 Å². The van der Waals surface area contributed by atoms with Gasteiger partial charge in [-0.15, -0.1) is 0 Å². The molecule has 0 bridgehead atoms. The Kier molecular flexibility index (Phi) is 6.50. The van der Waals surface area contributed by atoms with Gasteiger partial charge in [-0.05, 0) is 88.8 Å². The maximum Gasteiger partial charge on any atom is 0.337 e. The molecule has 0 amide bonds. The van der Waals surface area contributed by atoms with Crippen molar-refractivity contribution in [2.24, 2.45) is 0 Å². The number of pyridine rings is 1. The first-order chi connectivity index (χ1) is 16.0. The molecule has 1 aromatic heterocycles. The lowest BCUT2D eigenvalue weighted by atomic mass is 9.87. The highest BCUT2D eigenvalue weighted by atomic mass is 16.5. The van der Waals surface area contributed by atoms with Gasteiger partial charge in [-0.25, -0.2) is 4.79 Å². The molecule has 0 unspecified atom stereocenters. The minimum absolute atomic E-state index is 0.604.